The maximum Gasteiger partial charge on any atom is 0.228 e. The number of rotatable bonds is 3. The van der Waals surface area contributed by atoms with E-state index in [0.29, 0.717) is 18.8 Å². The number of aromatic nitrogens is 2. The summed E-state index contributed by atoms with van der Waals surface area (Å²) >= 11 is 3.42. The molecule has 1 aliphatic heterocycles. The van der Waals surface area contributed by atoms with Crippen LogP contribution in [0.5, 0.6) is 0 Å². The third-order valence-electron chi connectivity index (χ3n) is 3.78. The van der Waals surface area contributed by atoms with Crippen molar-refractivity contribution in [1.82, 2.24) is 10.2 Å². The Kier molecular flexibility index (Phi) is 3.82. The fourth-order valence-corrected chi connectivity index (χ4v) is 2.95. The lowest BCUT2D eigenvalue weighted by Gasteiger charge is -2.15. The zero-order chi connectivity index (χ0) is 15.0. The van der Waals surface area contributed by atoms with Crippen molar-refractivity contribution >= 4 is 27.7 Å². The van der Waals surface area contributed by atoms with Crippen LogP contribution in [0.2, 0.25) is 0 Å². The van der Waals surface area contributed by atoms with Crippen molar-refractivity contribution in [3.8, 4) is 11.1 Å². The number of aliphatic hydroxyl groups is 1. The van der Waals surface area contributed by atoms with Crippen molar-refractivity contribution in [3.05, 3.63) is 34.4 Å². The molecule has 1 aromatic carbocycles. The Labute approximate surface area is 131 Å². The maximum atomic E-state index is 12.1. The van der Waals surface area contributed by atoms with Crippen LogP contribution in [0.15, 0.2) is 28.7 Å². The van der Waals surface area contributed by atoms with E-state index >= 15 is 0 Å². The van der Waals surface area contributed by atoms with E-state index in [1.54, 1.807) is 4.90 Å². The molecule has 2 N–H and O–H groups in total. The van der Waals surface area contributed by atoms with Crippen molar-refractivity contribution in [2.24, 2.45) is 5.92 Å². The summed E-state index contributed by atoms with van der Waals surface area (Å²) in [5.41, 5.74) is 2.88. The van der Waals surface area contributed by atoms with Crippen molar-refractivity contribution in [2.45, 2.75) is 13.3 Å². The van der Waals surface area contributed by atoms with Gasteiger partial charge in [0.1, 0.15) is 0 Å². The van der Waals surface area contributed by atoms with Gasteiger partial charge in [-0.15, -0.1) is 0 Å². The Morgan fingerprint density at radius 1 is 1.43 bits per heavy atom. The van der Waals surface area contributed by atoms with E-state index in [2.05, 4.69) is 26.1 Å². The van der Waals surface area contributed by atoms with E-state index in [1.807, 2.05) is 31.2 Å². The highest BCUT2D eigenvalue weighted by atomic mass is 79.9. The highest BCUT2D eigenvalue weighted by Crippen LogP contribution is 2.35. The first-order chi connectivity index (χ1) is 10.1. The van der Waals surface area contributed by atoms with Crippen LogP contribution in [0.1, 0.15) is 12.1 Å². The van der Waals surface area contributed by atoms with Crippen molar-refractivity contribution in [2.75, 3.05) is 18.1 Å². The van der Waals surface area contributed by atoms with Crippen LogP contribution < -0.4 is 4.90 Å². The molecule has 1 unspecified atom stereocenters. The maximum absolute atomic E-state index is 12.1. The van der Waals surface area contributed by atoms with E-state index in [-0.39, 0.29) is 18.4 Å². The minimum Gasteiger partial charge on any atom is -0.396 e. The number of hydrogen-bond acceptors (Lipinski definition) is 3. The van der Waals surface area contributed by atoms with Crippen LogP contribution in [0.4, 0.5) is 5.82 Å². The van der Waals surface area contributed by atoms with Gasteiger partial charge in [-0.05, 0) is 24.6 Å². The van der Waals surface area contributed by atoms with Crippen LogP contribution in [0, 0.1) is 12.8 Å². The smallest absolute Gasteiger partial charge is 0.228 e. The van der Waals surface area contributed by atoms with Gasteiger partial charge in [0, 0.05) is 41.2 Å². The minimum atomic E-state index is -0.00715. The number of benzene rings is 1. The Hall–Kier alpha value is -1.66. The van der Waals surface area contributed by atoms with Crippen molar-refractivity contribution in [3.63, 3.8) is 0 Å². The zero-order valence-electron chi connectivity index (χ0n) is 11.6. The van der Waals surface area contributed by atoms with Gasteiger partial charge in [-0.25, -0.2) is 0 Å². The summed E-state index contributed by atoms with van der Waals surface area (Å²) in [5, 5.41) is 16.5. The molecule has 0 aliphatic carbocycles. The standard InChI is InChI=1S/C15H16BrN3O2/c1-9-14(11-2-4-12(16)5-3-11)15(18-17-9)19-7-10(8-20)6-13(19)21/h2-5,10,20H,6-8H2,1H3,(H,17,18). The number of nitrogens with one attached hydrogen (secondary N) is 1. The monoisotopic (exact) mass is 349 g/mol. The van der Waals surface area contributed by atoms with Crippen molar-refractivity contribution in [1.29, 1.82) is 0 Å². The van der Waals surface area contributed by atoms with Crippen LogP contribution in [-0.2, 0) is 4.79 Å². The molecule has 1 aliphatic rings. The predicted molar refractivity (Wildman–Crippen MR) is 84.0 cm³/mol. The topological polar surface area (TPSA) is 69.2 Å². The van der Waals surface area contributed by atoms with E-state index in [9.17, 15) is 9.90 Å². The minimum absolute atomic E-state index is 0.00715. The molecule has 2 heterocycles. The number of nitrogens with zero attached hydrogens (tertiary/aromatic N) is 2. The molecular formula is C15H16BrN3O2. The number of anilines is 1. The molecule has 21 heavy (non-hydrogen) atoms. The molecule has 0 radical (unpaired) electrons. The molecule has 1 atom stereocenters. The van der Waals surface area contributed by atoms with E-state index in [4.69, 9.17) is 0 Å². The van der Waals surface area contributed by atoms with Gasteiger partial charge in [0.2, 0.25) is 5.91 Å². The molecule has 5 nitrogen and oxygen atoms in total. The molecule has 2 aromatic rings. The molecule has 6 heteroatoms. The lowest BCUT2D eigenvalue weighted by atomic mass is 10.1. The molecular weight excluding hydrogens is 334 g/mol. The van der Waals surface area contributed by atoms with Crippen LogP contribution in [-0.4, -0.2) is 34.4 Å². The molecule has 0 bridgehead atoms. The molecule has 3 rings (SSSR count). The van der Waals surface area contributed by atoms with Gasteiger partial charge in [0.05, 0.1) is 0 Å². The van der Waals surface area contributed by atoms with E-state index in [1.165, 1.54) is 0 Å². The molecule has 110 valence electrons. The fraction of sp³-hybridized carbons (Fsp3) is 0.333. The molecule has 0 spiro atoms. The predicted octanol–water partition coefficient (Wildman–Crippen LogP) is 2.49. The summed E-state index contributed by atoms with van der Waals surface area (Å²) in [4.78, 5) is 13.8. The first-order valence-corrected chi connectivity index (χ1v) is 7.61. The Morgan fingerprint density at radius 3 is 2.76 bits per heavy atom. The summed E-state index contributed by atoms with van der Waals surface area (Å²) in [6, 6.07) is 7.92. The number of aryl methyl sites for hydroxylation is 1. The second-order valence-corrected chi connectivity index (χ2v) is 6.23. The quantitative estimate of drug-likeness (QED) is 0.894. The van der Waals surface area contributed by atoms with Gasteiger partial charge in [-0.1, -0.05) is 28.1 Å². The van der Waals surface area contributed by atoms with Gasteiger partial charge < -0.3 is 5.11 Å². The Morgan fingerprint density at radius 2 is 2.14 bits per heavy atom. The molecule has 1 saturated heterocycles. The summed E-state index contributed by atoms with van der Waals surface area (Å²) in [5.74, 6) is 0.655. The van der Waals surface area contributed by atoms with Crippen LogP contribution in [0.25, 0.3) is 11.1 Å². The molecule has 1 amide bonds. The summed E-state index contributed by atoms with van der Waals surface area (Å²) in [6.07, 6.45) is 0.377. The molecule has 0 saturated carbocycles. The normalized spacial score (nSPS) is 18.5. The van der Waals surface area contributed by atoms with Crippen molar-refractivity contribution < 1.29 is 9.90 Å². The zero-order valence-corrected chi connectivity index (χ0v) is 13.2. The third kappa shape index (κ3) is 2.61. The van der Waals surface area contributed by atoms with Gasteiger partial charge in [0.15, 0.2) is 5.82 Å². The fourth-order valence-electron chi connectivity index (χ4n) is 2.68. The SMILES string of the molecule is Cc1[nH]nc(N2CC(CO)CC2=O)c1-c1ccc(Br)cc1. The second-order valence-electron chi connectivity index (χ2n) is 5.31. The van der Waals surface area contributed by atoms with Crippen LogP contribution in [0.3, 0.4) is 0 Å². The highest BCUT2D eigenvalue weighted by Gasteiger charge is 2.33. The number of hydrogen-bond donors (Lipinski definition) is 2. The molecule has 1 fully saturated rings. The lowest BCUT2D eigenvalue weighted by Crippen LogP contribution is -2.25. The number of aliphatic hydroxyl groups excluding tert-OH is 1. The number of aromatic amines is 1. The van der Waals surface area contributed by atoms with Gasteiger partial charge >= 0.3 is 0 Å². The summed E-state index contributed by atoms with van der Waals surface area (Å²) in [7, 11) is 0. The Balaban J connectivity index is 2.01. The lowest BCUT2D eigenvalue weighted by molar-refractivity contribution is -0.117. The van der Waals surface area contributed by atoms with E-state index < -0.39 is 0 Å². The Bertz CT molecular complexity index is 666. The first-order valence-electron chi connectivity index (χ1n) is 6.82. The molecule has 1 aromatic heterocycles. The van der Waals surface area contributed by atoms with Crippen LogP contribution >= 0.6 is 15.9 Å². The average Bonchev–Trinajstić information content (AvgIpc) is 3.03. The second kappa shape index (κ2) is 5.61. The van der Waals surface area contributed by atoms with Gasteiger partial charge in [-0.2, -0.15) is 5.10 Å². The van der Waals surface area contributed by atoms with E-state index in [0.717, 1.165) is 21.3 Å². The number of carbonyl (C=O) groups excluding carboxylic acids is 1. The van der Waals surface area contributed by atoms with Gasteiger partial charge in [0.25, 0.3) is 0 Å². The first kappa shape index (κ1) is 14.3. The largest absolute Gasteiger partial charge is 0.396 e. The average molecular weight is 350 g/mol. The number of carbonyl (C=O) groups is 1. The highest BCUT2D eigenvalue weighted by molar-refractivity contribution is 9.10. The van der Waals surface area contributed by atoms with Gasteiger partial charge in [-0.3, -0.25) is 14.8 Å². The number of H-pyrrole nitrogens is 1. The third-order valence-corrected chi connectivity index (χ3v) is 4.31. The number of halogens is 1. The number of amides is 1. The summed E-state index contributed by atoms with van der Waals surface area (Å²) in [6.45, 7) is 2.49. The summed E-state index contributed by atoms with van der Waals surface area (Å²) < 4.78 is 1.01.